The Labute approximate surface area is 122 Å². The van der Waals surface area contributed by atoms with Crippen molar-refractivity contribution in [1.82, 2.24) is 14.9 Å². The van der Waals surface area contributed by atoms with Crippen molar-refractivity contribution in [2.45, 2.75) is 18.4 Å². The molecule has 1 aromatic carbocycles. The first-order valence-electron chi connectivity index (χ1n) is 5.97. The van der Waals surface area contributed by atoms with E-state index in [2.05, 4.69) is 14.9 Å². The second-order valence-electron chi connectivity index (χ2n) is 4.06. The van der Waals surface area contributed by atoms with Crippen LogP contribution in [0.5, 0.6) is 11.5 Å². The van der Waals surface area contributed by atoms with Crippen LogP contribution in [0.4, 0.5) is 0 Å². The Morgan fingerprint density at radius 2 is 2.00 bits per heavy atom. The summed E-state index contributed by atoms with van der Waals surface area (Å²) < 4.78 is 42.2. The average Bonchev–Trinajstić information content (AvgIpc) is 2.90. The highest BCUT2D eigenvalue weighted by Gasteiger charge is 2.21. The highest BCUT2D eigenvalue weighted by molar-refractivity contribution is 7.89. The molecule has 0 saturated heterocycles. The van der Waals surface area contributed by atoms with Crippen LogP contribution in [-0.2, 0) is 16.6 Å². The van der Waals surface area contributed by atoms with Crippen molar-refractivity contribution in [3.05, 3.63) is 30.0 Å². The monoisotopic (exact) mass is 313 g/mol. The molecular formula is C12H15N3O5S. The normalized spacial score (nSPS) is 11.4. The third kappa shape index (κ3) is 3.50. The summed E-state index contributed by atoms with van der Waals surface area (Å²) in [6.07, 6.45) is 0. The number of hydrogen-bond donors (Lipinski definition) is 1. The van der Waals surface area contributed by atoms with Crippen LogP contribution in [0.25, 0.3) is 0 Å². The predicted molar refractivity (Wildman–Crippen MR) is 72.6 cm³/mol. The molecule has 0 aliphatic carbocycles. The van der Waals surface area contributed by atoms with Crippen molar-refractivity contribution in [2.75, 3.05) is 14.2 Å². The summed E-state index contributed by atoms with van der Waals surface area (Å²) >= 11 is 0. The molecule has 0 unspecified atom stereocenters. The molecule has 8 nitrogen and oxygen atoms in total. The standard InChI is InChI=1S/C12H15N3O5S/c1-8-14-15-12(20-8)7-13-21(16,17)11-6-9(18-2)4-5-10(11)19-3/h4-6,13H,7H2,1-3H3. The first-order valence-corrected chi connectivity index (χ1v) is 7.45. The van der Waals surface area contributed by atoms with Crippen LogP contribution >= 0.6 is 0 Å². The van der Waals surface area contributed by atoms with Gasteiger partial charge in [0.05, 0.1) is 20.8 Å². The van der Waals surface area contributed by atoms with Crippen molar-refractivity contribution in [1.29, 1.82) is 0 Å². The highest BCUT2D eigenvalue weighted by Crippen LogP contribution is 2.28. The number of rotatable bonds is 6. The van der Waals surface area contributed by atoms with E-state index in [0.29, 0.717) is 11.6 Å². The van der Waals surface area contributed by atoms with E-state index in [1.54, 1.807) is 13.0 Å². The maximum Gasteiger partial charge on any atom is 0.244 e. The van der Waals surface area contributed by atoms with Gasteiger partial charge in [-0.2, -0.15) is 0 Å². The molecule has 0 saturated carbocycles. The topological polar surface area (TPSA) is 104 Å². The van der Waals surface area contributed by atoms with Gasteiger partial charge < -0.3 is 13.9 Å². The molecule has 0 aliphatic rings. The molecule has 0 amide bonds. The fourth-order valence-corrected chi connectivity index (χ4v) is 2.79. The van der Waals surface area contributed by atoms with Crippen molar-refractivity contribution in [3.63, 3.8) is 0 Å². The number of benzene rings is 1. The van der Waals surface area contributed by atoms with Gasteiger partial charge in [-0.1, -0.05) is 0 Å². The molecular weight excluding hydrogens is 298 g/mol. The summed E-state index contributed by atoms with van der Waals surface area (Å²) in [6.45, 7) is 1.51. The Bertz CT molecular complexity index is 726. The zero-order valence-corrected chi connectivity index (χ0v) is 12.6. The molecule has 2 rings (SSSR count). The Kier molecular flexibility index (Phi) is 4.43. The molecule has 0 aliphatic heterocycles. The van der Waals surface area contributed by atoms with E-state index in [1.165, 1.54) is 26.4 Å². The van der Waals surface area contributed by atoms with Crippen molar-refractivity contribution >= 4 is 10.0 Å². The van der Waals surface area contributed by atoms with Gasteiger partial charge in [-0.3, -0.25) is 0 Å². The van der Waals surface area contributed by atoms with E-state index in [4.69, 9.17) is 13.9 Å². The first-order chi connectivity index (χ1) is 9.96. The quantitative estimate of drug-likeness (QED) is 0.844. The number of sulfonamides is 1. The molecule has 21 heavy (non-hydrogen) atoms. The number of nitrogens with one attached hydrogen (secondary N) is 1. The molecule has 1 aromatic heterocycles. The lowest BCUT2D eigenvalue weighted by Crippen LogP contribution is -2.24. The van der Waals surface area contributed by atoms with Crippen molar-refractivity contribution in [3.8, 4) is 11.5 Å². The second kappa shape index (κ2) is 6.10. The van der Waals surface area contributed by atoms with Gasteiger partial charge in [-0.05, 0) is 12.1 Å². The summed E-state index contributed by atoms with van der Waals surface area (Å²) in [5.41, 5.74) is 0. The van der Waals surface area contributed by atoms with Gasteiger partial charge in [0.25, 0.3) is 0 Å². The number of nitrogens with zero attached hydrogens (tertiary/aromatic N) is 2. The summed E-state index contributed by atoms with van der Waals surface area (Å²) in [4.78, 5) is -0.0272. The number of aromatic nitrogens is 2. The fourth-order valence-electron chi connectivity index (χ4n) is 1.64. The van der Waals surface area contributed by atoms with Crippen LogP contribution in [0.15, 0.2) is 27.5 Å². The lowest BCUT2D eigenvalue weighted by Gasteiger charge is -2.11. The van der Waals surface area contributed by atoms with E-state index in [9.17, 15) is 8.42 Å². The van der Waals surface area contributed by atoms with Gasteiger partial charge >= 0.3 is 0 Å². The minimum atomic E-state index is -3.81. The molecule has 2 aromatic rings. The number of methoxy groups -OCH3 is 2. The minimum absolute atomic E-state index is 0.0272. The predicted octanol–water partition coefficient (Wildman–Crippen LogP) is 0.874. The number of hydrogen-bond acceptors (Lipinski definition) is 7. The summed E-state index contributed by atoms with van der Waals surface area (Å²) in [5.74, 6) is 1.16. The molecule has 0 bridgehead atoms. The Hall–Kier alpha value is -2.13. The molecule has 0 radical (unpaired) electrons. The first kappa shape index (κ1) is 15.3. The molecule has 9 heteroatoms. The fraction of sp³-hybridized carbons (Fsp3) is 0.333. The molecule has 1 heterocycles. The average molecular weight is 313 g/mol. The number of aryl methyl sites for hydroxylation is 1. The molecule has 0 spiro atoms. The Morgan fingerprint density at radius 3 is 2.57 bits per heavy atom. The van der Waals surface area contributed by atoms with E-state index >= 15 is 0 Å². The largest absolute Gasteiger partial charge is 0.497 e. The van der Waals surface area contributed by atoms with Gasteiger partial charge in [0.15, 0.2) is 0 Å². The van der Waals surface area contributed by atoms with Gasteiger partial charge in [-0.25, -0.2) is 13.1 Å². The Balaban J connectivity index is 2.26. The van der Waals surface area contributed by atoms with Crippen LogP contribution < -0.4 is 14.2 Å². The van der Waals surface area contributed by atoms with E-state index in [0.717, 1.165) is 0 Å². The van der Waals surface area contributed by atoms with Crippen LogP contribution in [0.3, 0.4) is 0 Å². The zero-order valence-electron chi connectivity index (χ0n) is 11.8. The molecule has 114 valence electrons. The van der Waals surface area contributed by atoms with Crippen LogP contribution in [0.1, 0.15) is 11.8 Å². The van der Waals surface area contributed by atoms with Gasteiger partial charge in [0, 0.05) is 13.0 Å². The van der Waals surface area contributed by atoms with E-state index in [1.807, 2.05) is 0 Å². The van der Waals surface area contributed by atoms with E-state index < -0.39 is 10.0 Å². The maximum atomic E-state index is 12.3. The van der Waals surface area contributed by atoms with Gasteiger partial charge in [0.2, 0.25) is 21.8 Å². The number of ether oxygens (including phenoxy) is 2. The third-order valence-corrected chi connectivity index (χ3v) is 4.06. The molecule has 0 atom stereocenters. The van der Waals surface area contributed by atoms with E-state index in [-0.39, 0.29) is 23.1 Å². The summed E-state index contributed by atoms with van der Waals surface area (Å²) in [5, 5.41) is 7.34. The van der Waals surface area contributed by atoms with Gasteiger partial charge in [-0.15, -0.1) is 10.2 Å². The van der Waals surface area contributed by atoms with Crippen molar-refractivity contribution < 1.29 is 22.3 Å². The van der Waals surface area contributed by atoms with Crippen LogP contribution in [0.2, 0.25) is 0 Å². The van der Waals surface area contributed by atoms with Crippen molar-refractivity contribution in [2.24, 2.45) is 0 Å². The van der Waals surface area contributed by atoms with Crippen LogP contribution in [0, 0.1) is 6.92 Å². The highest BCUT2D eigenvalue weighted by atomic mass is 32.2. The third-order valence-electron chi connectivity index (χ3n) is 2.64. The smallest absolute Gasteiger partial charge is 0.244 e. The Morgan fingerprint density at radius 1 is 1.24 bits per heavy atom. The maximum absolute atomic E-state index is 12.3. The zero-order chi connectivity index (χ0) is 15.5. The van der Waals surface area contributed by atoms with Gasteiger partial charge in [0.1, 0.15) is 16.4 Å². The summed E-state index contributed by atoms with van der Waals surface area (Å²) in [6, 6.07) is 4.50. The SMILES string of the molecule is COc1ccc(OC)c(S(=O)(=O)NCc2nnc(C)o2)c1. The minimum Gasteiger partial charge on any atom is -0.497 e. The lowest BCUT2D eigenvalue weighted by atomic mass is 10.3. The second-order valence-corrected chi connectivity index (χ2v) is 5.79. The summed E-state index contributed by atoms with van der Waals surface area (Å²) in [7, 11) is -0.965. The lowest BCUT2D eigenvalue weighted by molar-refractivity contribution is 0.391. The van der Waals surface area contributed by atoms with Crippen LogP contribution in [-0.4, -0.2) is 32.8 Å². The molecule has 1 N–H and O–H groups in total. The molecule has 0 fully saturated rings.